The number of hydrogen-bond acceptors (Lipinski definition) is 9. The maximum absolute atomic E-state index is 14.2. The Morgan fingerprint density at radius 3 is 2.40 bits per heavy atom. The summed E-state index contributed by atoms with van der Waals surface area (Å²) in [6.45, 7) is -0.849. The topological polar surface area (TPSA) is 232 Å². The summed E-state index contributed by atoms with van der Waals surface area (Å²) in [5, 5.41) is 27.2. The zero-order chi connectivity index (χ0) is 22.9. The summed E-state index contributed by atoms with van der Waals surface area (Å²) in [6, 6.07) is 0. The zero-order valence-electron chi connectivity index (χ0n) is 15.3. The lowest BCUT2D eigenvalue weighted by atomic mass is 10.2. The highest BCUT2D eigenvalue weighted by Gasteiger charge is 2.58. The number of ether oxygens (including phenoxy) is 1. The van der Waals surface area contributed by atoms with Crippen molar-refractivity contribution in [1.29, 1.82) is 0 Å². The number of aliphatic hydroxyl groups excluding tert-OH is 2. The molecule has 0 amide bonds. The van der Waals surface area contributed by atoms with Gasteiger partial charge in [-0.15, -0.1) is 0 Å². The fourth-order valence-electron chi connectivity index (χ4n) is 2.82. The first-order chi connectivity index (χ1) is 13.7. The number of nitrogens with zero attached hydrogens (tertiary/aromatic N) is 2. The Morgan fingerprint density at radius 1 is 1.30 bits per heavy atom. The van der Waals surface area contributed by atoms with Crippen molar-refractivity contribution in [2.24, 2.45) is 0 Å². The molecule has 8 N–H and O–H groups in total. The second-order valence-electron chi connectivity index (χ2n) is 6.63. The highest BCUT2D eigenvalue weighted by atomic mass is 31.2. The summed E-state index contributed by atoms with van der Waals surface area (Å²) < 4.78 is 42.8. The van der Waals surface area contributed by atoms with Crippen molar-refractivity contribution >= 4 is 21.0 Å². The molecule has 1 aliphatic heterocycles. The largest absolute Gasteiger partial charge is 0.394 e. The SMILES string of the molecule is O=c1nc(NCCCC(O)(P(=O)(O)O)P(=O)(O)O)c(F)cn1C1CC(O)C(CO)O1. The first-order valence-corrected chi connectivity index (χ1v) is 11.7. The van der Waals surface area contributed by atoms with Crippen LogP contribution >= 0.6 is 15.2 Å². The van der Waals surface area contributed by atoms with E-state index in [-0.39, 0.29) is 13.0 Å². The van der Waals surface area contributed by atoms with Crippen LogP contribution in [0.3, 0.4) is 0 Å². The van der Waals surface area contributed by atoms with Crippen LogP contribution in [0.15, 0.2) is 11.0 Å². The van der Waals surface area contributed by atoms with E-state index in [0.29, 0.717) is 0 Å². The summed E-state index contributed by atoms with van der Waals surface area (Å²) in [5.74, 6) is -1.58. The molecule has 0 aliphatic carbocycles. The number of anilines is 1. The molecule has 0 saturated carbocycles. The molecule has 17 heteroatoms. The molecule has 1 aliphatic rings. The van der Waals surface area contributed by atoms with Crippen LogP contribution in [0.5, 0.6) is 0 Å². The van der Waals surface area contributed by atoms with Crippen molar-refractivity contribution < 1.29 is 53.2 Å². The normalized spacial score (nSPS) is 23.0. The Balaban J connectivity index is 2.05. The number of rotatable bonds is 9. The van der Waals surface area contributed by atoms with Crippen molar-refractivity contribution in [1.82, 2.24) is 9.55 Å². The molecule has 1 aromatic rings. The Bertz CT molecular complexity index is 894. The van der Waals surface area contributed by atoms with Crippen LogP contribution in [-0.2, 0) is 13.9 Å². The lowest BCUT2D eigenvalue weighted by Crippen LogP contribution is -2.30. The summed E-state index contributed by atoms with van der Waals surface area (Å²) in [5.41, 5.74) is -0.961. The molecule has 1 aromatic heterocycles. The second kappa shape index (κ2) is 9.09. The summed E-state index contributed by atoms with van der Waals surface area (Å²) in [7, 11) is -11.2. The fraction of sp³-hybridized carbons (Fsp3) is 0.692. The van der Waals surface area contributed by atoms with Crippen molar-refractivity contribution in [3.8, 4) is 0 Å². The van der Waals surface area contributed by atoms with E-state index in [1.54, 1.807) is 0 Å². The van der Waals surface area contributed by atoms with E-state index in [4.69, 9.17) is 29.4 Å². The summed E-state index contributed by atoms with van der Waals surface area (Å²) >= 11 is 0. The number of nitrogens with one attached hydrogen (secondary N) is 1. The monoisotopic (exact) mass is 477 g/mol. The Kier molecular flexibility index (Phi) is 7.58. The molecule has 3 atom stereocenters. The molecule has 0 spiro atoms. The van der Waals surface area contributed by atoms with E-state index >= 15 is 0 Å². The van der Waals surface area contributed by atoms with Gasteiger partial charge in [0.2, 0.25) is 0 Å². The standard InChI is InChI=1S/C13H22FN3O11P2/c14-7-5-17(10-4-8(19)9(6-18)28-10)12(20)16-11(7)15-3-1-2-13(21,29(22,23)24)30(25,26)27/h5,8-10,18-19,21H,1-4,6H2,(H,15,16,20)(H2,22,23,24)(H2,25,26,27). The van der Waals surface area contributed by atoms with Crippen LogP contribution < -0.4 is 11.0 Å². The maximum Gasteiger partial charge on any atom is 0.369 e. The molecule has 14 nitrogen and oxygen atoms in total. The second-order valence-corrected chi connectivity index (χ2v) is 10.6. The first kappa shape index (κ1) is 25.0. The van der Waals surface area contributed by atoms with Crippen LogP contribution in [0.4, 0.5) is 10.2 Å². The third kappa shape index (κ3) is 5.14. The van der Waals surface area contributed by atoms with Gasteiger partial charge < -0.3 is 44.9 Å². The molecule has 3 unspecified atom stereocenters. The van der Waals surface area contributed by atoms with E-state index < -0.39 is 75.5 Å². The predicted octanol–water partition coefficient (Wildman–Crippen LogP) is -1.78. The van der Waals surface area contributed by atoms with Crippen molar-refractivity contribution in [3.05, 3.63) is 22.5 Å². The molecule has 1 saturated heterocycles. The third-order valence-corrected chi connectivity index (χ3v) is 8.39. The Labute approximate surface area is 168 Å². The van der Waals surface area contributed by atoms with Crippen molar-refractivity contribution in [2.75, 3.05) is 18.5 Å². The fourth-order valence-corrected chi connectivity index (χ4v) is 5.08. The van der Waals surface area contributed by atoms with E-state index in [1.165, 1.54) is 0 Å². The molecule has 0 aromatic carbocycles. The minimum Gasteiger partial charge on any atom is -0.394 e. The van der Waals surface area contributed by atoms with Crippen LogP contribution in [-0.4, -0.2) is 74.9 Å². The molecule has 1 fully saturated rings. The highest BCUT2D eigenvalue weighted by Crippen LogP contribution is 2.69. The minimum atomic E-state index is -5.60. The third-order valence-electron chi connectivity index (χ3n) is 4.52. The van der Waals surface area contributed by atoms with Crippen LogP contribution in [0.2, 0.25) is 0 Å². The van der Waals surface area contributed by atoms with Crippen LogP contribution in [0.1, 0.15) is 25.5 Å². The molecule has 2 rings (SSSR count). The van der Waals surface area contributed by atoms with E-state index in [9.17, 15) is 28.5 Å². The molecular formula is C13H22FN3O11P2. The van der Waals surface area contributed by atoms with Crippen LogP contribution in [0, 0.1) is 5.82 Å². The van der Waals surface area contributed by atoms with E-state index in [1.807, 2.05) is 0 Å². The number of aliphatic hydroxyl groups is 3. The average Bonchev–Trinajstić information content (AvgIpc) is 2.99. The number of halogens is 1. The van der Waals surface area contributed by atoms with Crippen molar-refractivity contribution in [3.63, 3.8) is 0 Å². The van der Waals surface area contributed by atoms with Gasteiger partial charge in [-0.2, -0.15) is 4.98 Å². The van der Waals surface area contributed by atoms with Gasteiger partial charge in [-0.25, -0.2) is 9.18 Å². The smallest absolute Gasteiger partial charge is 0.369 e. The van der Waals surface area contributed by atoms with Gasteiger partial charge in [0.25, 0.3) is 5.08 Å². The molecule has 172 valence electrons. The van der Waals surface area contributed by atoms with Gasteiger partial charge in [0.15, 0.2) is 11.6 Å². The number of hydrogen-bond donors (Lipinski definition) is 8. The highest BCUT2D eigenvalue weighted by molar-refractivity contribution is 7.72. The minimum absolute atomic E-state index is 0.0810. The van der Waals surface area contributed by atoms with Gasteiger partial charge in [-0.1, -0.05) is 0 Å². The van der Waals surface area contributed by atoms with Gasteiger partial charge in [0.05, 0.1) is 18.9 Å². The van der Waals surface area contributed by atoms with Gasteiger partial charge >= 0.3 is 20.9 Å². The molecule has 2 heterocycles. The van der Waals surface area contributed by atoms with Gasteiger partial charge in [0, 0.05) is 19.4 Å². The Morgan fingerprint density at radius 2 is 1.90 bits per heavy atom. The number of aromatic nitrogens is 2. The van der Waals surface area contributed by atoms with Crippen molar-refractivity contribution in [2.45, 2.75) is 42.8 Å². The van der Waals surface area contributed by atoms with E-state index in [2.05, 4.69) is 10.3 Å². The van der Waals surface area contributed by atoms with Crippen LogP contribution in [0.25, 0.3) is 0 Å². The average molecular weight is 477 g/mol. The first-order valence-electron chi connectivity index (χ1n) is 8.52. The predicted molar refractivity (Wildman–Crippen MR) is 96.8 cm³/mol. The molecule has 0 radical (unpaired) electrons. The lowest BCUT2D eigenvalue weighted by molar-refractivity contribution is -0.0461. The maximum atomic E-state index is 14.2. The molecular weight excluding hydrogens is 455 g/mol. The summed E-state index contributed by atoms with van der Waals surface area (Å²) in [4.78, 5) is 51.7. The molecule has 30 heavy (non-hydrogen) atoms. The zero-order valence-corrected chi connectivity index (χ0v) is 17.1. The lowest BCUT2D eigenvalue weighted by Gasteiger charge is -2.29. The van der Waals surface area contributed by atoms with E-state index in [0.717, 1.165) is 10.8 Å². The summed E-state index contributed by atoms with van der Waals surface area (Å²) in [6.07, 6.45) is -3.84. The quantitative estimate of drug-likeness (QED) is 0.145. The Hall–Kier alpha value is -1.25. The van der Waals surface area contributed by atoms with Gasteiger partial charge in [-0.3, -0.25) is 13.7 Å². The van der Waals surface area contributed by atoms with Gasteiger partial charge in [0.1, 0.15) is 12.3 Å². The molecule has 0 bridgehead atoms. The van der Waals surface area contributed by atoms with Gasteiger partial charge in [-0.05, 0) is 6.42 Å².